The first-order valence-electron chi connectivity index (χ1n) is 5.88. The van der Waals surface area contributed by atoms with E-state index in [9.17, 15) is 4.79 Å². The molecule has 0 aliphatic carbocycles. The Kier molecular flexibility index (Phi) is 5.92. The average Bonchev–Trinajstić information content (AvgIpc) is 2.73. The second-order valence-corrected chi connectivity index (χ2v) is 6.40. The molecule has 0 aromatic carbocycles. The molecular formula is C12H18Cl2N2OS. The van der Waals surface area contributed by atoms with Crippen LogP contribution in [0, 0.1) is 0 Å². The summed E-state index contributed by atoms with van der Waals surface area (Å²) in [5, 5.41) is 6.27. The largest absolute Gasteiger partial charge is 0.350 e. The van der Waals surface area contributed by atoms with Gasteiger partial charge in [0, 0.05) is 4.88 Å². The van der Waals surface area contributed by atoms with Crippen LogP contribution in [0.4, 0.5) is 0 Å². The number of rotatable bonds is 3. The van der Waals surface area contributed by atoms with Crippen LogP contribution in [0.15, 0.2) is 12.1 Å². The molecule has 1 aliphatic rings. The SMILES string of the molecule is CC1(C(=O)NCc2ccc(Cl)s2)CCCCN1.Cl. The average molecular weight is 309 g/mol. The summed E-state index contributed by atoms with van der Waals surface area (Å²) >= 11 is 7.35. The summed E-state index contributed by atoms with van der Waals surface area (Å²) in [4.78, 5) is 13.2. The van der Waals surface area contributed by atoms with Crippen LogP contribution >= 0.6 is 35.3 Å². The normalized spacial score (nSPS) is 23.2. The highest BCUT2D eigenvalue weighted by molar-refractivity contribution is 7.16. The van der Waals surface area contributed by atoms with Gasteiger partial charge in [-0.2, -0.15) is 0 Å². The van der Waals surface area contributed by atoms with Gasteiger partial charge >= 0.3 is 0 Å². The van der Waals surface area contributed by atoms with Crippen molar-refractivity contribution in [2.45, 2.75) is 38.3 Å². The highest BCUT2D eigenvalue weighted by atomic mass is 35.5. The Hall–Kier alpha value is -0.290. The molecule has 0 spiro atoms. The van der Waals surface area contributed by atoms with Crippen molar-refractivity contribution < 1.29 is 4.79 Å². The van der Waals surface area contributed by atoms with Gasteiger partial charge < -0.3 is 10.6 Å². The van der Waals surface area contributed by atoms with Gasteiger partial charge in [-0.1, -0.05) is 11.6 Å². The van der Waals surface area contributed by atoms with E-state index in [1.807, 2.05) is 19.1 Å². The van der Waals surface area contributed by atoms with Gasteiger partial charge in [-0.3, -0.25) is 4.79 Å². The maximum Gasteiger partial charge on any atom is 0.240 e. The fourth-order valence-electron chi connectivity index (χ4n) is 2.06. The zero-order chi connectivity index (χ0) is 12.3. The first kappa shape index (κ1) is 15.8. The third-order valence-electron chi connectivity index (χ3n) is 3.17. The number of hydrogen-bond acceptors (Lipinski definition) is 3. The van der Waals surface area contributed by atoms with E-state index in [2.05, 4.69) is 10.6 Å². The number of thiophene rings is 1. The molecule has 1 saturated heterocycles. The van der Waals surface area contributed by atoms with Crippen LogP contribution in [0.3, 0.4) is 0 Å². The Morgan fingerprint density at radius 3 is 2.89 bits per heavy atom. The third kappa shape index (κ3) is 3.85. The molecule has 6 heteroatoms. The third-order valence-corrected chi connectivity index (χ3v) is 4.40. The number of nitrogens with one attached hydrogen (secondary N) is 2. The predicted octanol–water partition coefficient (Wildman–Crippen LogP) is 2.97. The summed E-state index contributed by atoms with van der Waals surface area (Å²) in [6, 6.07) is 3.80. The molecule has 0 radical (unpaired) electrons. The van der Waals surface area contributed by atoms with Crippen molar-refractivity contribution in [3.8, 4) is 0 Å². The molecule has 0 bridgehead atoms. The number of amides is 1. The molecule has 2 rings (SSSR count). The summed E-state index contributed by atoms with van der Waals surface area (Å²) in [5.74, 6) is 0.0849. The smallest absolute Gasteiger partial charge is 0.240 e. The number of carbonyl (C=O) groups is 1. The molecule has 2 N–H and O–H groups in total. The van der Waals surface area contributed by atoms with Crippen molar-refractivity contribution >= 4 is 41.3 Å². The van der Waals surface area contributed by atoms with Crippen molar-refractivity contribution in [2.75, 3.05) is 6.54 Å². The lowest BCUT2D eigenvalue weighted by Gasteiger charge is -2.33. The molecule has 1 aromatic heterocycles. The molecule has 1 atom stereocenters. The Morgan fingerprint density at radius 2 is 2.33 bits per heavy atom. The molecule has 2 heterocycles. The molecule has 3 nitrogen and oxygen atoms in total. The second kappa shape index (κ2) is 6.75. The van der Waals surface area contributed by atoms with Crippen LogP contribution < -0.4 is 10.6 Å². The maximum atomic E-state index is 12.1. The molecule has 1 unspecified atom stereocenters. The fraction of sp³-hybridized carbons (Fsp3) is 0.583. The summed E-state index contributed by atoms with van der Waals surface area (Å²) in [5.41, 5.74) is -0.403. The van der Waals surface area contributed by atoms with Gasteiger partial charge in [0.05, 0.1) is 16.4 Å². The van der Waals surface area contributed by atoms with Crippen molar-refractivity contribution in [3.63, 3.8) is 0 Å². The zero-order valence-electron chi connectivity index (χ0n) is 10.3. The van der Waals surface area contributed by atoms with E-state index in [0.29, 0.717) is 6.54 Å². The van der Waals surface area contributed by atoms with Crippen molar-refractivity contribution in [2.24, 2.45) is 0 Å². The molecule has 0 saturated carbocycles. The van der Waals surface area contributed by atoms with Gasteiger partial charge in [0.1, 0.15) is 0 Å². The quantitative estimate of drug-likeness (QED) is 0.901. The standard InChI is InChI=1S/C12H17ClN2OS.ClH/c1-12(6-2-3-7-15-12)11(16)14-8-9-4-5-10(13)17-9;/h4-5,15H,2-3,6-8H2,1H3,(H,14,16);1H. The lowest BCUT2D eigenvalue weighted by molar-refractivity contribution is -0.128. The predicted molar refractivity (Wildman–Crippen MR) is 78.7 cm³/mol. The first-order chi connectivity index (χ1) is 8.10. The van der Waals surface area contributed by atoms with Crippen molar-refractivity contribution in [1.82, 2.24) is 10.6 Å². The maximum absolute atomic E-state index is 12.1. The fourth-order valence-corrected chi connectivity index (χ4v) is 3.09. The van der Waals surface area contributed by atoms with Crippen molar-refractivity contribution in [3.05, 3.63) is 21.3 Å². The number of piperidine rings is 1. The van der Waals surface area contributed by atoms with Crippen LogP contribution in [0.2, 0.25) is 4.34 Å². The molecule has 1 aliphatic heterocycles. The molecule has 1 aromatic rings. The first-order valence-corrected chi connectivity index (χ1v) is 7.07. The molecule has 1 amide bonds. The molecular weight excluding hydrogens is 291 g/mol. The summed E-state index contributed by atoms with van der Waals surface area (Å²) in [6.07, 6.45) is 3.18. The van der Waals surface area contributed by atoms with E-state index >= 15 is 0 Å². The van der Waals surface area contributed by atoms with E-state index in [-0.39, 0.29) is 18.3 Å². The Morgan fingerprint density at radius 1 is 1.56 bits per heavy atom. The van der Waals surface area contributed by atoms with E-state index in [1.165, 1.54) is 11.3 Å². The van der Waals surface area contributed by atoms with E-state index in [4.69, 9.17) is 11.6 Å². The van der Waals surface area contributed by atoms with Crippen LogP contribution in [-0.2, 0) is 11.3 Å². The van der Waals surface area contributed by atoms with Crippen LogP contribution in [0.1, 0.15) is 31.1 Å². The van der Waals surface area contributed by atoms with Gasteiger partial charge in [0.2, 0.25) is 5.91 Å². The minimum atomic E-state index is -0.403. The van der Waals surface area contributed by atoms with Crippen LogP contribution in [0.5, 0.6) is 0 Å². The van der Waals surface area contributed by atoms with Gasteiger partial charge in [-0.05, 0) is 44.9 Å². The lowest BCUT2D eigenvalue weighted by atomic mass is 9.90. The number of carbonyl (C=O) groups excluding carboxylic acids is 1. The summed E-state index contributed by atoms with van der Waals surface area (Å²) in [6.45, 7) is 3.46. The Balaban J connectivity index is 0.00000162. The van der Waals surface area contributed by atoms with Gasteiger partial charge in [0.15, 0.2) is 0 Å². The highest BCUT2D eigenvalue weighted by Gasteiger charge is 2.33. The van der Waals surface area contributed by atoms with E-state index in [0.717, 1.165) is 35.0 Å². The monoisotopic (exact) mass is 308 g/mol. The van der Waals surface area contributed by atoms with Gasteiger partial charge in [0.25, 0.3) is 0 Å². The van der Waals surface area contributed by atoms with E-state index in [1.54, 1.807) is 0 Å². The molecule has 18 heavy (non-hydrogen) atoms. The highest BCUT2D eigenvalue weighted by Crippen LogP contribution is 2.22. The lowest BCUT2D eigenvalue weighted by Crippen LogP contribution is -2.56. The minimum Gasteiger partial charge on any atom is -0.350 e. The molecule has 1 fully saturated rings. The number of halogens is 2. The minimum absolute atomic E-state index is 0. The van der Waals surface area contributed by atoms with Crippen LogP contribution in [-0.4, -0.2) is 18.0 Å². The van der Waals surface area contributed by atoms with E-state index < -0.39 is 5.54 Å². The van der Waals surface area contributed by atoms with Crippen molar-refractivity contribution in [1.29, 1.82) is 0 Å². The topological polar surface area (TPSA) is 41.1 Å². The Bertz CT molecular complexity index is 403. The van der Waals surface area contributed by atoms with Gasteiger partial charge in [-0.25, -0.2) is 0 Å². The summed E-state index contributed by atoms with van der Waals surface area (Å²) in [7, 11) is 0. The Labute approximate surface area is 123 Å². The second-order valence-electron chi connectivity index (χ2n) is 4.60. The zero-order valence-corrected chi connectivity index (χ0v) is 12.7. The summed E-state index contributed by atoms with van der Waals surface area (Å²) < 4.78 is 0.760. The molecule has 102 valence electrons. The number of hydrogen-bond donors (Lipinski definition) is 2. The van der Waals surface area contributed by atoms with Crippen LogP contribution in [0.25, 0.3) is 0 Å². The van der Waals surface area contributed by atoms with Gasteiger partial charge in [-0.15, -0.1) is 23.7 Å².